The zero-order chi connectivity index (χ0) is 13.2. The van der Waals surface area contributed by atoms with Crippen LogP contribution in [-0.4, -0.2) is 24.4 Å². The van der Waals surface area contributed by atoms with Crippen molar-refractivity contribution in [2.24, 2.45) is 5.92 Å². The predicted octanol–water partition coefficient (Wildman–Crippen LogP) is 1.71. The molecule has 1 aromatic carbocycles. The Morgan fingerprint density at radius 3 is 2.58 bits per heavy atom. The van der Waals surface area contributed by atoms with Gasteiger partial charge in [-0.25, -0.2) is 0 Å². The maximum atomic E-state index is 12.0. The molecule has 1 aromatic rings. The summed E-state index contributed by atoms with van der Waals surface area (Å²) in [5.74, 6) is 0.393. The highest BCUT2D eigenvalue weighted by molar-refractivity contribution is 5.96. The van der Waals surface area contributed by atoms with Gasteiger partial charge < -0.3 is 10.2 Å². The van der Waals surface area contributed by atoms with E-state index in [0.717, 1.165) is 24.9 Å². The Bertz CT molecular complexity index is 482. The lowest BCUT2D eigenvalue weighted by Gasteiger charge is -2.26. The van der Waals surface area contributed by atoms with E-state index >= 15 is 0 Å². The van der Waals surface area contributed by atoms with Crippen LogP contribution in [0.4, 0.5) is 5.69 Å². The van der Waals surface area contributed by atoms with E-state index < -0.39 is 0 Å². The van der Waals surface area contributed by atoms with Crippen LogP contribution in [0.1, 0.15) is 25.7 Å². The molecule has 1 heterocycles. The van der Waals surface area contributed by atoms with Crippen molar-refractivity contribution >= 4 is 17.5 Å². The molecule has 0 radical (unpaired) electrons. The summed E-state index contributed by atoms with van der Waals surface area (Å²) in [5, 5.41) is 3.01. The molecular formula is C15H18N2O2. The summed E-state index contributed by atoms with van der Waals surface area (Å²) in [7, 11) is 0. The van der Waals surface area contributed by atoms with Gasteiger partial charge in [-0.05, 0) is 25.0 Å². The van der Waals surface area contributed by atoms with Gasteiger partial charge in [0.25, 0.3) is 0 Å². The van der Waals surface area contributed by atoms with Crippen molar-refractivity contribution < 1.29 is 9.59 Å². The summed E-state index contributed by atoms with van der Waals surface area (Å²) in [6, 6.07) is 9.58. The first-order chi connectivity index (χ1) is 9.24. The normalized spacial score (nSPS) is 23.3. The second kappa shape index (κ2) is 5.03. The molecule has 100 valence electrons. The highest BCUT2D eigenvalue weighted by Crippen LogP contribution is 2.27. The minimum atomic E-state index is -0.0409. The Labute approximate surface area is 112 Å². The van der Waals surface area contributed by atoms with Crippen LogP contribution < -0.4 is 10.2 Å². The van der Waals surface area contributed by atoms with Crippen LogP contribution >= 0.6 is 0 Å². The molecule has 1 saturated heterocycles. The van der Waals surface area contributed by atoms with Gasteiger partial charge in [-0.2, -0.15) is 0 Å². The third-order valence-corrected chi connectivity index (χ3v) is 4.02. The monoisotopic (exact) mass is 258 g/mol. The number of anilines is 1. The molecular weight excluding hydrogens is 240 g/mol. The lowest BCUT2D eigenvalue weighted by molar-refractivity contribution is -0.128. The van der Waals surface area contributed by atoms with Crippen LogP contribution in [0.25, 0.3) is 0 Å². The highest BCUT2D eigenvalue weighted by atomic mass is 16.2. The van der Waals surface area contributed by atoms with Crippen LogP contribution in [0.2, 0.25) is 0 Å². The molecule has 0 aromatic heterocycles. The lowest BCUT2D eigenvalue weighted by atomic mass is 9.84. The molecule has 2 aliphatic rings. The van der Waals surface area contributed by atoms with E-state index in [1.165, 1.54) is 0 Å². The van der Waals surface area contributed by atoms with Gasteiger partial charge in [0, 0.05) is 24.6 Å². The molecule has 19 heavy (non-hydrogen) atoms. The molecule has 1 unspecified atom stereocenters. The Morgan fingerprint density at radius 1 is 1.21 bits per heavy atom. The Kier molecular flexibility index (Phi) is 3.23. The van der Waals surface area contributed by atoms with Crippen molar-refractivity contribution in [2.45, 2.75) is 31.7 Å². The van der Waals surface area contributed by atoms with Crippen LogP contribution in [0.3, 0.4) is 0 Å². The van der Waals surface area contributed by atoms with E-state index in [1.807, 2.05) is 30.3 Å². The van der Waals surface area contributed by atoms with Gasteiger partial charge in [0.2, 0.25) is 11.8 Å². The minimum Gasteiger partial charge on any atom is -0.351 e. The topological polar surface area (TPSA) is 49.4 Å². The number of carbonyl (C=O) groups excluding carboxylic acids is 2. The average molecular weight is 258 g/mol. The molecule has 2 amide bonds. The number of para-hydroxylation sites is 1. The van der Waals surface area contributed by atoms with Crippen LogP contribution in [0.5, 0.6) is 0 Å². The number of nitrogens with zero attached hydrogens (tertiary/aromatic N) is 1. The van der Waals surface area contributed by atoms with Gasteiger partial charge in [0.15, 0.2) is 0 Å². The van der Waals surface area contributed by atoms with Gasteiger partial charge >= 0.3 is 0 Å². The Morgan fingerprint density at radius 2 is 1.95 bits per heavy atom. The van der Waals surface area contributed by atoms with Gasteiger partial charge in [-0.3, -0.25) is 9.59 Å². The first-order valence-corrected chi connectivity index (χ1v) is 6.90. The summed E-state index contributed by atoms with van der Waals surface area (Å²) in [5.41, 5.74) is 0.910. The Balaban J connectivity index is 1.62. The van der Waals surface area contributed by atoms with Crippen molar-refractivity contribution in [2.75, 3.05) is 11.4 Å². The summed E-state index contributed by atoms with van der Waals surface area (Å²) in [6.07, 6.45) is 3.55. The smallest absolute Gasteiger partial charge is 0.229 e. The molecule has 1 atom stereocenters. The molecule has 4 nitrogen and oxygen atoms in total. The fraction of sp³-hybridized carbons (Fsp3) is 0.467. The minimum absolute atomic E-state index is 0.0409. The molecule has 4 heteroatoms. The molecule has 1 N–H and O–H groups in total. The van der Waals surface area contributed by atoms with Crippen LogP contribution in [0, 0.1) is 5.92 Å². The van der Waals surface area contributed by atoms with Crippen molar-refractivity contribution in [1.29, 1.82) is 0 Å². The quantitative estimate of drug-likeness (QED) is 0.897. The predicted molar refractivity (Wildman–Crippen MR) is 72.7 cm³/mol. The SMILES string of the molecule is O=C(NC1CC(=O)N(c2ccccc2)C1)C1CCC1. The lowest BCUT2D eigenvalue weighted by Crippen LogP contribution is -2.42. The summed E-state index contributed by atoms with van der Waals surface area (Å²) < 4.78 is 0. The fourth-order valence-corrected chi connectivity index (χ4v) is 2.65. The van der Waals surface area contributed by atoms with Crippen molar-refractivity contribution in [3.63, 3.8) is 0 Å². The molecule has 2 fully saturated rings. The first-order valence-electron chi connectivity index (χ1n) is 6.90. The molecule has 0 bridgehead atoms. The molecule has 1 aliphatic heterocycles. The number of rotatable bonds is 3. The Hall–Kier alpha value is -1.84. The maximum Gasteiger partial charge on any atom is 0.229 e. The van der Waals surface area contributed by atoms with Gasteiger partial charge in [-0.1, -0.05) is 24.6 Å². The van der Waals surface area contributed by atoms with E-state index in [-0.39, 0.29) is 23.8 Å². The van der Waals surface area contributed by atoms with Crippen molar-refractivity contribution in [1.82, 2.24) is 5.32 Å². The largest absolute Gasteiger partial charge is 0.351 e. The molecule has 0 spiro atoms. The fourth-order valence-electron chi connectivity index (χ4n) is 2.65. The first kappa shape index (κ1) is 12.2. The third-order valence-electron chi connectivity index (χ3n) is 4.02. The standard InChI is InChI=1S/C15H18N2O2/c18-14-9-12(16-15(19)11-5-4-6-11)10-17(14)13-7-2-1-3-8-13/h1-3,7-8,11-12H,4-6,9-10H2,(H,16,19). The number of benzene rings is 1. The molecule has 1 aliphatic carbocycles. The third kappa shape index (κ3) is 2.48. The van der Waals surface area contributed by atoms with Crippen molar-refractivity contribution in [3.05, 3.63) is 30.3 Å². The second-order valence-electron chi connectivity index (χ2n) is 5.38. The van der Waals surface area contributed by atoms with Gasteiger partial charge in [-0.15, -0.1) is 0 Å². The molecule has 1 saturated carbocycles. The number of amides is 2. The van der Waals surface area contributed by atoms with Gasteiger partial charge in [0.05, 0.1) is 6.04 Å². The second-order valence-corrected chi connectivity index (χ2v) is 5.38. The number of hydrogen-bond donors (Lipinski definition) is 1. The van der Waals surface area contributed by atoms with Crippen LogP contribution in [-0.2, 0) is 9.59 Å². The van der Waals surface area contributed by atoms with E-state index in [9.17, 15) is 9.59 Å². The molecule has 3 rings (SSSR count). The van der Waals surface area contributed by atoms with Gasteiger partial charge in [0.1, 0.15) is 0 Å². The maximum absolute atomic E-state index is 12.0. The van der Waals surface area contributed by atoms with E-state index in [2.05, 4.69) is 5.32 Å². The zero-order valence-electron chi connectivity index (χ0n) is 10.8. The average Bonchev–Trinajstić information content (AvgIpc) is 2.69. The number of carbonyl (C=O) groups is 2. The summed E-state index contributed by atoms with van der Waals surface area (Å²) in [6.45, 7) is 0.585. The number of hydrogen-bond acceptors (Lipinski definition) is 2. The van der Waals surface area contributed by atoms with E-state index in [0.29, 0.717) is 13.0 Å². The summed E-state index contributed by atoms with van der Waals surface area (Å²) >= 11 is 0. The van der Waals surface area contributed by atoms with Crippen molar-refractivity contribution in [3.8, 4) is 0 Å². The van der Waals surface area contributed by atoms with E-state index in [4.69, 9.17) is 0 Å². The zero-order valence-corrected chi connectivity index (χ0v) is 10.8. The highest BCUT2D eigenvalue weighted by Gasteiger charge is 2.34. The summed E-state index contributed by atoms with van der Waals surface area (Å²) in [4.78, 5) is 25.6. The number of nitrogens with one attached hydrogen (secondary N) is 1. The van der Waals surface area contributed by atoms with Crippen LogP contribution in [0.15, 0.2) is 30.3 Å². The van der Waals surface area contributed by atoms with E-state index in [1.54, 1.807) is 4.90 Å².